The molecule has 0 aliphatic carbocycles. The fraction of sp³-hybridized carbons (Fsp3) is 0. The number of aromatic amines is 1. The third-order valence-corrected chi connectivity index (χ3v) is 8.65. The summed E-state index contributed by atoms with van der Waals surface area (Å²) in [6, 6.07) is 41.7. The summed E-state index contributed by atoms with van der Waals surface area (Å²) < 4.78 is 4.86. The van der Waals surface area contributed by atoms with Gasteiger partial charge in [-0.1, -0.05) is 78.9 Å². The lowest BCUT2D eigenvalue weighted by atomic mass is 9.99. The van der Waals surface area contributed by atoms with Gasteiger partial charge in [-0.25, -0.2) is 0 Å². The van der Waals surface area contributed by atoms with Crippen molar-refractivity contribution in [3.8, 4) is 5.82 Å². The summed E-state index contributed by atoms with van der Waals surface area (Å²) in [5, 5.41) is 19.5. The smallest absolute Gasteiger partial charge is 0.167 e. The van der Waals surface area contributed by atoms with Crippen molar-refractivity contribution in [3.63, 3.8) is 0 Å². The highest BCUT2D eigenvalue weighted by Gasteiger charge is 2.26. The van der Waals surface area contributed by atoms with Crippen LogP contribution in [-0.2, 0) is 0 Å². The normalized spacial score (nSPS) is 12.6. The largest absolute Gasteiger partial charge is 0.308 e. The average molecular weight is 497 g/mol. The monoisotopic (exact) mass is 496 g/mol. The maximum absolute atomic E-state index is 4.90. The van der Waals surface area contributed by atoms with Gasteiger partial charge in [-0.15, -0.1) is 0 Å². The molecule has 6 aromatic carbocycles. The summed E-state index contributed by atoms with van der Waals surface area (Å²) in [7, 11) is 0. The van der Waals surface area contributed by atoms with Gasteiger partial charge in [0.25, 0.3) is 0 Å². The molecule has 10 aromatic rings. The summed E-state index contributed by atoms with van der Waals surface area (Å²) in [6.45, 7) is 0. The van der Waals surface area contributed by atoms with Gasteiger partial charge in [0.15, 0.2) is 5.82 Å². The number of H-pyrrole nitrogens is 1. The lowest BCUT2D eigenvalue weighted by Gasteiger charge is -2.08. The van der Waals surface area contributed by atoms with Gasteiger partial charge in [-0.05, 0) is 47.2 Å². The Bertz CT molecular complexity index is 2610. The first-order chi connectivity index (χ1) is 19.4. The average Bonchev–Trinajstić information content (AvgIpc) is 3.73. The van der Waals surface area contributed by atoms with Crippen LogP contribution in [0.1, 0.15) is 0 Å². The SMILES string of the molecule is c1ccc2c(c1)ccc1c2c2c3c(cc4c5ccccc5n1c42)c1ccccc1n3-c1n[nH]c2ccccc12. The number of aromatic nitrogens is 4. The zero-order chi connectivity index (χ0) is 25.2. The number of nitrogens with zero attached hydrogens (tertiary/aromatic N) is 3. The van der Waals surface area contributed by atoms with Crippen LogP contribution in [0.15, 0.2) is 115 Å². The van der Waals surface area contributed by atoms with E-state index < -0.39 is 0 Å². The van der Waals surface area contributed by atoms with E-state index in [1.807, 2.05) is 0 Å². The van der Waals surface area contributed by atoms with Gasteiger partial charge in [0, 0.05) is 37.7 Å². The van der Waals surface area contributed by atoms with Crippen molar-refractivity contribution in [3.05, 3.63) is 115 Å². The minimum atomic E-state index is 0.934. The zero-order valence-electron chi connectivity index (χ0n) is 20.8. The molecule has 39 heavy (non-hydrogen) atoms. The predicted molar refractivity (Wildman–Crippen MR) is 163 cm³/mol. The molecule has 0 unspecified atom stereocenters. The molecule has 4 aromatic heterocycles. The minimum absolute atomic E-state index is 0.934. The van der Waals surface area contributed by atoms with Crippen LogP contribution in [0.25, 0.3) is 87.4 Å². The van der Waals surface area contributed by atoms with Gasteiger partial charge in [-0.2, -0.15) is 5.10 Å². The molecular formula is C35H20N4. The fourth-order valence-corrected chi connectivity index (χ4v) is 7.11. The summed E-state index contributed by atoms with van der Waals surface area (Å²) in [4.78, 5) is 0. The van der Waals surface area contributed by atoms with Crippen LogP contribution in [0.2, 0.25) is 0 Å². The Labute approximate surface area is 221 Å². The third-order valence-electron chi connectivity index (χ3n) is 8.65. The van der Waals surface area contributed by atoms with Gasteiger partial charge in [0.1, 0.15) is 0 Å². The Balaban J connectivity index is 1.60. The van der Waals surface area contributed by atoms with Crippen LogP contribution < -0.4 is 0 Å². The van der Waals surface area contributed by atoms with Crippen molar-refractivity contribution >= 4 is 81.6 Å². The molecule has 10 rings (SSSR count). The number of benzene rings is 6. The molecule has 0 spiro atoms. The van der Waals surface area contributed by atoms with Crippen molar-refractivity contribution in [2.24, 2.45) is 0 Å². The van der Waals surface area contributed by atoms with Crippen LogP contribution in [0.5, 0.6) is 0 Å². The number of nitrogens with one attached hydrogen (secondary N) is 1. The van der Waals surface area contributed by atoms with Crippen molar-refractivity contribution in [2.75, 3.05) is 0 Å². The van der Waals surface area contributed by atoms with E-state index in [9.17, 15) is 0 Å². The lowest BCUT2D eigenvalue weighted by Crippen LogP contribution is -1.95. The molecule has 4 heterocycles. The van der Waals surface area contributed by atoms with Gasteiger partial charge < -0.3 is 4.40 Å². The van der Waals surface area contributed by atoms with Crippen LogP contribution in [0, 0.1) is 0 Å². The number of para-hydroxylation sites is 3. The molecule has 180 valence electrons. The Kier molecular flexibility index (Phi) is 3.41. The number of hydrogen-bond acceptors (Lipinski definition) is 1. The van der Waals surface area contributed by atoms with E-state index in [1.54, 1.807) is 0 Å². The van der Waals surface area contributed by atoms with Crippen molar-refractivity contribution in [2.45, 2.75) is 0 Å². The first-order valence-electron chi connectivity index (χ1n) is 13.3. The highest BCUT2D eigenvalue weighted by atomic mass is 15.2. The number of hydrogen-bond donors (Lipinski definition) is 1. The molecule has 0 aliphatic rings. The van der Waals surface area contributed by atoms with E-state index >= 15 is 0 Å². The molecule has 0 aliphatic heterocycles. The van der Waals surface area contributed by atoms with E-state index in [-0.39, 0.29) is 0 Å². The fourth-order valence-electron chi connectivity index (χ4n) is 7.11. The van der Waals surface area contributed by atoms with Crippen molar-refractivity contribution < 1.29 is 0 Å². The Morgan fingerprint density at radius 1 is 0.487 bits per heavy atom. The van der Waals surface area contributed by atoms with Crippen LogP contribution in [0.3, 0.4) is 0 Å². The van der Waals surface area contributed by atoms with E-state index in [1.165, 1.54) is 65.2 Å². The summed E-state index contributed by atoms with van der Waals surface area (Å²) >= 11 is 0. The van der Waals surface area contributed by atoms with E-state index in [0.29, 0.717) is 0 Å². The van der Waals surface area contributed by atoms with Gasteiger partial charge >= 0.3 is 0 Å². The molecule has 0 saturated heterocycles. The summed E-state index contributed by atoms with van der Waals surface area (Å²) in [5.41, 5.74) is 7.18. The zero-order valence-corrected chi connectivity index (χ0v) is 20.8. The van der Waals surface area contributed by atoms with Crippen molar-refractivity contribution in [1.29, 1.82) is 0 Å². The third kappa shape index (κ3) is 2.25. The molecule has 0 atom stereocenters. The lowest BCUT2D eigenvalue weighted by molar-refractivity contribution is 1.02. The van der Waals surface area contributed by atoms with Gasteiger partial charge in [0.2, 0.25) is 0 Å². The second kappa shape index (κ2) is 6.74. The molecule has 4 nitrogen and oxygen atoms in total. The summed E-state index contributed by atoms with van der Waals surface area (Å²) in [5.74, 6) is 0.934. The highest BCUT2D eigenvalue weighted by molar-refractivity contribution is 6.37. The number of fused-ring (bicyclic) bond motifs is 13. The van der Waals surface area contributed by atoms with Gasteiger partial charge in [-0.3, -0.25) is 9.67 Å². The second-order valence-corrected chi connectivity index (χ2v) is 10.5. The quantitative estimate of drug-likeness (QED) is 0.242. The first kappa shape index (κ1) is 19.7. The highest BCUT2D eigenvalue weighted by Crippen LogP contribution is 2.48. The molecule has 0 bridgehead atoms. The molecule has 0 radical (unpaired) electrons. The maximum atomic E-state index is 4.90. The second-order valence-electron chi connectivity index (χ2n) is 10.5. The molecule has 0 saturated carbocycles. The van der Waals surface area contributed by atoms with Crippen LogP contribution in [-0.4, -0.2) is 19.2 Å². The van der Waals surface area contributed by atoms with Gasteiger partial charge in [0.05, 0.1) is 33.1 Å². The van der Waals surface area contributed by atoms with Crippen LogP contribution >= 0.6 is 0 Å². The molecule has 1 N–H and O–H groups in total. The molecule has 4 heteroatoms. The molecule has 0 amide bonds. The maximum Gasteiger partial charge on any atom is 0.167 e. The first-order valence-corrected chi connectivity index (χ1v) is 13.3. The number of rotatable bonds is 1. The standard InChI is InChI=1S/C35H20N4/c1-2-10-21-20(9-1)17-18-30-31(21)32-33-25(22-11-4-7-15-28(22)38(30)33)19-26-23-12-5-8-16-29(23)39(34(26)32)35-24-13-3-6-14-27(24)36-37-35/h1-19H,(H,36,37). The van der Waals surface area contributed by atoms with Crippen molar-refractivity contribution in [1.82, 2.24) is 19.2 Å². The Morgan fingerprint density at radius 3 is 2.03 bits per heavy atom. The minimum Gasteiger partial charge on any atom is -0.308 e. The molecule has 0 fully saturated rings. The van der Waals surface area contributed by atoms with Crippen LogP contribution in [0.4, 0.5) is 0 Å². The Hall–Kier alpha value is -5.35. The summed E-state index contributed by atoms with van der Waals surface area (Å²) in [6.07, 6.45) is 0. The Morgan fingerprint density at radius 2 is 1.15 bits per heavy atom. The van der Waals surface area contributed by atoms with E-state index in [2.05, 4.69) is 129 Å². The molecular weight excluding hydrogens is 476 g/mol. The van der Waals surface area contributed by atoms with E-state index in [0.717, 1.165) is 22.2 Å². The van der Waals surface area contributed by atoms with E-state index in [4.69, 9.17) is 5.10 Å². The predicted octanol–water partition coefficient (Wildman–Crippen LogP) is 8.96. The topological polar surface area (TPSA) is 38.0 Å².